The highest BCUT2D eigenvalue weighted by Gasteiger charge is 2.36. The van der Waals surface area contributed by atoms with Crippen LogP contribution in [0.1, 0.15) is 17.5 Å². The van der Waals surface area contributed by atoms with Crippen molar-refractivity contribution in [3.63, 3.8) is 0 Å². The number of aryl methyl sites for hydroxylation is 1. The molecule has 0 radical (unpaired) electrons. The Balaban J connectivity index is 2.28. The van der Waals surface area contributed by atoms with E-state index in [1.165, 1.54) is 11.1 Å². The van der Waals surface area contributed by atoms with Crippen molar-refractivity contribution in [1.82, 2.24) is 5.32 Å². The molecule has 0 saturated heterocycles. The van der Waals surface area contributed by atoms with Crippen molar-refractivity contribution in [2.45, 2.75) is 24.8 Å². The first kappa shape index (κ1) is 10.2. The lowest BCUT2D eigenvalue weighted by Crippen LogP contribution is -2.56. The predicted molar refractivity (Wildman–Crippen MR) is 59.5 cm³/mol. The molecule has 1 aromatic rings. The summed E-state index contributed by atoms with van der Waals surface area (Å²) in [5.41, 5.74) is 7.92. The summed E-state index contributed by atoms with van der Waals surface area (Å²) in [5.74, 6) is -0.0583. The van der Waals surface area contributed by atoms with Gasteiger partial charge >= 0.3 is 0 Å². The molecule has 1 amide bonds. The van der Waals surface area contributed by atoms with Gasteiger partial charge < -0.3 is 11.1 Å². The Morgan fingerprint density at radius 1 is 1.40 bits per heavy atom. The lowest BCUT2D eigenvalue weighted by molar-refractivity contribution is -0.126. The fraction of sp³-hybridized carbons (Fsp3) is 0.417. The molecule has 80 valence electrons. The van der Waals surface area contributed by atoms with Crippen molar-refractivity contribution < 1.29 is 4.79 Å². The monoisotopic (exact) mass is 204 g/mol. The van der Waals surface area contributed by atoms with Gasteiger partial charge in [0.2, 0.25) is 5.91 Å². The number of benzene rings is 1. The van der Waals surface area contributed by atoms with E-state index in [4.69, 9.17) is 5.73 Å². The van der Waals surface area contributed by atoms with Crippen LogP contribution in [-0.4, -0.2) is 18.5 Å². The van der Waals surface area contributed by atoms with Crippen LogP contribution in [0.2, 0.25) is 0 Å². The van der Waals surface area contributed by atoms with Crippen molar-refractivity contribution >= 4 is 5.91 Å². The van der Waals surface area contributed by atoms with E-state index in [1.54, 1.807) is 7.05 Å². The molecule has 0 spiro atoms. The Bertz CT molecular complexity index is 389. The molecule has 0 heterocycles. The van der Waals surface area contributed by atoms with Gasteiger partial charge in [-0.25, -0.2) is 0 Å². The fourth-order valence-electron chi connectivity index (χ4n) is 2.20. The van der Waals surface area contributed by atoms with Crippen molar-refractivity contribution in [1.29, 1.82) is 0 Å². The summed E-state index contributed by atoms with van der Waals surface area (Å²) in [6.07, 6.45) is 2.26. The highest BCUT2D eigenvalue weighted by Crippen LogP contribution is 2.26. The number of amides is 1. The number of likely N-dealkylation sites (N-methyl/N-ethyl adjacent to an activating group) is 1. The summed E-state index contributed by atoms with van der Waals surface area (Å²) in [6.45, 7) is 0. The smallest absolute Gasteiger partial charge is 0.240 e. The molecule has 3 nitrogen and oxygen atoms in total. The van der Waals surface area contributed by atoms with Gasteiger partial charge in [0, 0.05) is 7.05 Å². The van der Waals surface area contributed by atoms with E-state index >= 15 is 0 Å². The first-order valence-electron chi connectivity index (χ1n) is 5.23. The molecular formula is C12H16N2O. The van der Waals surface area contributed by atoms with Crippen molar-refractivity contribution in [3.8, 4) is 0 Å². The predicted octanol–water partition coefficient (Wildman–Crippen LogP) is 0.619. The van der Waals surface area contributed by atoms with Gasteiger partial charge in [0.05, 0.1) is 5.54 Å². The summed E-state index contributed by atoms with van der Waals surface area (Å²) in [6, 6.07) is 8.19. The van der Waals surface area contributed by atoms with Gasteiger partial charge in [-0.1, -0.05) is 24.3 Å². The maximum absolute atomic E-state index is 11.7. The average molecular weight is 204 g/mol. The zero-order valence-electron chi connectivity index (χ0n) is 8.92. The summed E-state index contributed by atoms with van der Waals surface area (Å²) in [4.78, 5) is 11.7. The Morgan fingerprint density at radius 2 is 2.07 bits per heavy atom. The maximum atomic E-state index is 11.7. The van der Waals surface area contributed by atoms with Crippen LogP contribution in [0.3, 0.4) is 0 Å². The number of hydrogen-bond donors (Lipinski definition) is 2. The molecule has 0 saturated carbocycles. The summed E-state index contributed by atoms with van der Waals surface area (Å²) < 4.78 is 0. The number of carbonyl (C=O) groups excluding carboxylic acids is 1. The van der Waals surface area contributed by atoms with Gasteiger partial charge in [0.15, 0.2) is 0 Å². The van der Waals surface area contributed by atoms with E-state index in [1.807, 2.05) is 12.1 Å². The minimum absolute atomic E-state index is 0.0583. The lowest BCUT2D eigenvalue weighted by Gasteiger charge is -2.32. The highest BCUT2D eigenvalue weighted by atomic mass is 16.2. The quantitative estimate of drug-likeness (QED) is 0.704. The van der Waals surface area contributed by atoms with Crippen LogP contribution in [0.5, 0.6) is 0 Å². The van der Waals surface area contributed by atoms with Crippen LogP contribution >= 0.6 is 0 Å². The molecule has 15 heavy (non-hydrogen) atoms. The second-order valence-electron chi connectivity index (χ2n) is 4.18. The molecule has 1 aromatic carbocycles. The van der Waals surface area contributed by atoms with Crippen molar-refractivity contribution in [3.05, 3.63) is 35.4 Å². The van der Waals surface area contributed by atoms with Crippen LogP contribution in [0.15, 0.2) is 24.3 Å². The van der Waals surface area contributed by atoms with Gasteiger partial charge in [0.25, 0.3) is 0 Å². The van der Waals surface area contributed by atoms with Crippen LogP contribution in [0.4, 0.5) is 0 Å². The van der Waals surface area contributed by atoms with E-state index in [9.17, 15) is 4.79 Å². The number of nitrogens with two attached hydrogens (primary N) is 1. The molecule has 1 atom stereocenters. The second-order valence-corrected chi connectivity index (χ2v) is 4.18. The Labute approximate surface area is 89.7 Å². The van der Waals surface area contributed by atoms with Crippen LogP contribution < -0.4 is 11.1 Å². The van der Waals surface area contributed by atoms with Crippen molar-refractivity contribution in [2.24, 2.45) is 5.73 Å². The van der Waals surface area contributed by atoms with E-state index in [2.05, 4.69) is 17.4 Å². The summed E-state index contributed by atoms with van der Waals surface area (Å²) in [5, 5.41) is 2.64. The number of fused-ring (bicyclic) bond motifs is 1. The standard InChI is InChI=1S/C12H16N2O/c1-14-11(15)12(13)7-6-9-4-2-3-5-10(9)8-12/h2-5H,6-8,13H2,1H3,(H,14,15)/t12-/m1/s1. The highest BCUT2D eigenvalue weighted by molar-refractivity contribution is 5.86. The van der Waals surface area contributed by atoms with Crippen LogP contribution in [-0.2, 0) is 17.6 Å². The molecule has 0 unspecified atom stereocenters. The Hall–Kier alpha value is -1.35. The van der Waals surface area contributed by atoms with E-state index in [-0.39, 0.29) is 5.91 Å². The SMILES string of the molecule is CNC(=O)[C@@]1(N)CCc2ccccc2C1. The summed E-state index contributed by atoms with van der Waals surface area (Å²) >= 11 is 0. The van der Waals surface area contributed by atoms with E-state index in [0.717, 1.165) is 12.8 Å². The first-order chi connectivity index (χ1) is 7.15. The third-order valence-corrected chi connectivity index (χ3v) is 3.14. The zero-order valence-corrected chi connectivity index (χ0v) is 8.92. The number of carbonyl (C=O) groups is 1. The largest absolute Gasteiger partial charge is 0.358 e. The molecule has 2 rings (SSSR count). The normalized spacial score (nSPS) is 24.4. The number of rotatable bonds is 1. The molecule has 0 fully saturated rings. The van der Waals surface area contributed by atoms with Crippen molar-refractivity contribution in [2.75, 3.05) is 7.05 Å². The van der Waals surface area contributed by atoms with Crippen LogP contribution in [0, 0.1) is 0 Å². The van der Waals surface area contributed by atoms with E-state index < -0.39 is 5.54 Å². The Kier molecular flexibility index (Phi) is 2.49. The third-order valence-electron chi connectivity index (χ3n) is 3.14. The Morgan fingerprint density at radius 3 is 2.73 bits per heavy atom. The van der Waals surface area contributed by atoms with Crippen LogP contribution in [0.25, 0.3) is 0 Å². The molecule has 0 bridgehead atoms. The molecule has 3 heteroatoms. The number of hydrogen-bond acceptors (Lipinski definition) is 2. The van der Waals surface area contributed by atoms with Gasteiger partial charge in [-0.15, -0.1) is 0 Å². The summed E-state index contributed by atoms with van der Waals surface area (Å²) in [7, 11) is 1.64. The molecule has 1 aliphatic rings. The first-order valence-corrected chi connectivity index (χ1v) is 5.23. The fourth-order valence-corrected chi connectivity index (χ4v) is 2.20. The molecule has 1 aliphatic carbocycles. The minimum atomic E-state index is -0.719. The lowest BCUT2D eigenvalue weighted by atomic mass is 9.78. The average Bonchev–Trinajstić information content (AvgIpc) is 2.27. The zero-order chi connectivity index (χ0) is 10.9. The minimum Gasteiger partial charge on any atom is -0.358 e. The molecule has 3 N–H and O–H groups in total. The second kappa shape index (κ2) is 3.66. The maximum Gasteiger partial charge on any atom is 0.240 e. The van der Waals surface area contributed by atoms with E-state index in [0.29, 0.717) is 6.42 Å². The van der Waals surface area contributed by atoms with Gasteiger partial charge in [-0.2, -0.15) is 0 Å². The number of nitrogens with one attached hydrogen (secondary N) is 1. The van der Waals surface area contributed by atoms with Gasteiger partial charge in [-0.05, 0) is 30.4 Å². The topological polar surface area (TPSA) is 55.1 Å². The molecule has 0 aliphatic heterocycles. The third kappa shape index (κ3) is 1.75. The van der Waals surface area contributed by atoms with Gasteiger partial charge in [-0.3, -0.25) is 4.79 Å². The molecular weight excluding hydrogens is 188 g/mol. The molecule has 0 aromatic heterocycles. The van der Waals surface area contributed by atoms with Gasteiger partial charge in [0.1, 0.15) is 0 Å².